The van der Waals surface area contributed by atoms with Crippen LogP contribution in [0.1, 0.15) is 18.4 Å². The van der Waals surface area contributed by atoms with Crippen LogP contribution in [0.3, 0.4) is 0 Å². The van der Waals surface area contributed by atoms with E-state index >= 15 is 0 Å². The molecule has 0 bridgehead atoms. The fourth-order valence-electron chi connectivity index (χ4n) is 2.06. The standard InChI is InChI=1S/C14H19BrO3/c1-16-13-4-2-3-12(9-13)10-18-14(11-15)5-7-17-8-6-14/h2-4,9H,5-8,10-11H2,1H3. The summed E-state index contributed by atoms with van der Waals surface area (Å²) in [4.78, 5) is 0. The molecule has 1 aliphatic heterocycles. The molecule has 0 radical (unpaired) electrons. The van der Waals surface area contributed by atoms with Crippen LogP contribution in [0.5, 0.6) is 5.75 Å². The minimum absolute atomic E-state index is 0.0820. The molecule has 1 aliphatic rings. The van der Waals surface area contributed by atoms with Crippen LogP contribution in [-0.2, 0) is 16.1 Å². The van der Waals surface area contributed by atoms with Gasteiger partial charge in [0.05, 0.1) is 19.3 Å². The van der Waals surface area contributed by atoms with E-state index in [-0.39, 0.29) is 5.60 Å². The summed E-state index contributed by atoms with van der Waals surface area (Å²) in [6, 6.07) is 8.01. The quantitative estimate of drug-likeness (QED) is 0.781. The first-order valence-electron chi connectivity index (χ1n) is 6.19. The van der Waals surface area contributed by atoms with Crippen LogP contribution in [-0.4, -0.2) is 31.3 Å². The normalized spacial score (nSPS) is 18.6. The average Bonchev–Trinajstić information content (AvgIpc) is 2.46. The van der Waals surface area contributed by atoms with Gasteiger partial charge in [0, 0.05) is 31.4 Å². The topological polar surface area (TPSA) is 27.7 Å². The zero-order valence-electron chi connectivity index (χ0n) is 10.7. The molecular weight excluding hydrogens is 296 g/mol. The average molecular weight is 315 g/mol. The summed E-state index contributed by atoms with van der Waals surface area (Å²) in [6.07, 6.45) is 1.89. The summed E-state index contributed by atoms with van der Waals surface area (Å²) in [5.41, 5.74) is 1.06. The predicted octanol–water partition coefficient (Wildman–Crippen LogP) is 3.16. The van der Waals surface area contributed by atoms with Gasteiger partial charge in [-0.25, -0.2) is 0 Å². The Hall–Kier alpha value is -0.580. The van der Waals surface area contributed by atoms with Gasteiger partial charge < -0.3 is 14.2 Å². The predicted molar refractivity (Wildman–Crippen MR) is 74.4 cm³/mol. The van der Waals surface area contributed by atoms with Crippen molar-refractivity contribution in [1.82, 2.24) is 0 Å². The van der Waals surface area contributed by atoms with E-state index in [1.165, 1.54) is 0 Å². The third-order valence-corrected chi connectivity index (χ3v) is 4.35. The lowest BCUT2D eigenvalue weighted by Crippen LogP contribution is -2.40. The lowest BCUT2D eigenvalue weighted by Gasteiger charge is -2.35. The first-order chi connectivity index (χ1) is 8.78. The van der Waals surface area contributed by atoms with Crippen molar-refractivity contribution in [2.24, 2.45) is 0 Å². The SMILES string of the molecule is COc1cccc(COC2(CBr)CCOCC2)c1. The zero-order chi connectivity index (χ0) is 12.8. The number of hydrogen-bond donors (Lipinski definition) is 0. The van der Waals surface area contributed by atoms with E-state index in [2.05, 4.69) is 22.0 Å². The first kappa shape index (κ1) is 13.8. The summed E-state index contributed by atoms with van der Waals surface area (Å²) >= 11 is 3.56. The smallest absolute Gasteiger partial charge is 0.119 e. The van der Waals surface area contributed by atoms with Gasteiger partial charge in [-0.1, -0.05) is 28.1 Å². The summed E-state index contributed by atoms with van der Waals surface area (Å²) in [5.74, 6) is 0.871. The van der Waals surface area contributed by atoms with Crippen LogP contribution < -0.4 is 4.74 Å². The highest BCUT2D eigenvalue weighted by Crippen LogP contribution is 2.28. The highest BCUT2D eigenvalue weighted by Gasteiger charge is 2.32. The Bertz CT molecular complexity index is 375. The molecule has 0 aromatic heterocycles. The molecule has 0 atom stereocenters. The van der Waals surface area contributed by atoms with E-state index in [0.717, 1.165) is 42.7 Å². The third kappa shape index (κ3) is 3.46. The second-order valence-corrected chi connectivity index (χ2v) is 5.13. The van der Waals surface area contributed by atoms with Crippen molar-refractivity contribution in [1.29, 1.82) is 0 Å². The van der Waals surface area contributed by atoms with Gasteiger partial charge in [-0.3, -0.25) is 0 Å². The number of methoxy groups -OCH3 is 1. The maximum Gasteiger partial charge on any atom is 0.119 e. The lowest BCUT2D eigenvalue weighted by atomic mass is 9.96. The number of hydrogen-bond acceptors (Lipinski definition) is 3. The van der Waals surface area contributed by atoms with Crippen LogP contribution in [0.4, 0.5) is 0 Å². The molecule has 1 fully saturated rings. The van der Waals surface area contributed by atoms with Gasteiger partial charge in [0.25, 0.3) is 0 Å². The van der Waals surface area contributed by atoms with Gasteiger partial charge in [0.1, 0.15) is 5.75 Å². The van der Waals surface area contributed by atoms with Crippen molar-refractivity contribution in [3.05, 3.63) is 29.8 Å². The van der Waals surface area contributed by atoms with E-state index in [4.69, 9.17) is 14.2 Å². The van der Waals surface area contributed by atoms with E-state index in [0.29, 0.717) is 6.61 Å². The Kier molecular flexibility index (Phi) is 5.03. The Morgan fingerprint density at radius 3 is 2.78 bits per heavy atom. The van der Waals surface area contributed by atoms with Crippen molar-refractivity contribution in [3.63, 3.8) is 0 Å². The molecule has 0 aliphatic carbocycles. The van der Waals surface area contributed by atoms with Gasteiger partial charge in [-0.2, -0.15) is 0 Å². The van der Waals surface area contributed by atoms with Crippen molar-refractivity contribution >= 4 is 15.9 Å². The fraction of sp³-hybridized carbons (Fsp3) is 0.571. The molecule has 0 N–H and O–H groups in total. The number of ether oxygens (including phenoxy) is 3. The molecular formula is C14H19BrO3. The zero-order valence-corrected chi connectivity index (χ0v) is 12.2. The molecule has 1 saturated heterocycles. The highest BCUT2D eigenvalue weighted by atomic mass is 79.9. The molecule has 2 rings (SSSR count). The Labute approximate surface area is 117 Å². The fourth-order valence-corrected chi connectivity index (χ4v) is 2.78. The van der Waals surface area contributed by atoms with Crippen LogP contribution >= 0.6 is 15.9 Å². The summed E-state index contributed by atoms with van der Waals surface area (Å²) < 4.78 is 16.7. The molecule has 0 amide bonds. The third-order valence-electron chi connectivity index (χ3n) is 3.33. The molecule has 100 valence electrons. The van der Waals surface area contributed by atoms with Crippen molar-refractivity contribution < 1.29 is 14.2 Å². The van der Waals surface area contributed by atoms with Crippen LogP contribution in [0.2, 0.25) is 0 Å². The maximum absolute atomic E-state index is 6.12. The largest absolute Gasteiger partial charge is 0.497 e. The Balaban J connectivity index is 1.96. The van der Waals surface area contributed by atoms with E-state index in [9.17, 15) is 0 Å². The first-order valence-corrected chi connectivity index (χ1v) is 7.31. The Morgan fingerprint density at radius 2 is 2.11 bits per heavy atom. The maximum atomic E-state index is 6.12. The van der Waals surface area contributed by atoms with Gasteiger partial charge >= 0.3 is 0 Å². The number of rotatable bonds is 5. The lowest BCUT2D eigenvalue weighted by molar-refractivity contribution is -0.103. The molecule has 0 unspecified atom stereocenters. The minimum Gasteiger partial charge on any atom is -0.497 e. The molecule has 1 aromatic carbocycles. The minimum atomic E-state index is -0.0820. The summed E-state index contributed by atoms with van der Waals surface area (Å²) in [5, 5.41) is 0.854. The number of benzene rings is 1. The van der Waals surface area contributed by atoms with Gasteiger partial charge in [-0.05, 0) is 17.7 Å². The molecule has 0 saturated carbocycles. The van der Waals surface area contributed by atoms with Crippen molar-refractivity contribution in [3.8, 4) is 5.75 Å². The highest BCUT2D eigenvalue weighted by molar-refractivity contribution is 9.09. The monoisotopic (exact) mass is 314 g/mol. The number of halogens is 1. The van der Waals surface area contributed by atoms with E-state index in [1.54, 1.807) is 7.11 Å². The molecule has 1 aromatic rings. The van der Waals surface area contributed by atoms with Crippen LogP contribution in [0, 0.1) is 0 Å². The van der Waals surface area contributed by atoms with E-state index in [1.807, 2.05) is 18.2 Å². The van der Waals surface area contributed by atoms with Gasteiger partial charge in [-0.15, -0.1) is 0 Å². The molecule has 3 nitrogen and oxygen atoms in total. The molecule has 1 heterocycles. The number of alkyl halides is 1. The molecule has 18 heavy (non-hydrogen) atoms. The van der Waals surface area contributed by atoms with Crippen molar-refractivity contribution in [2.75, 3.05) is 25.7 Å². The Morgan fingerprint density at radius 1 is 1.33 bits per heavy atom. The van der Waals surface area contributed by atoms with Crippen molar-refractivity contribution in [2.45, 2.75) is 25.0 Å². The summed E-state index contributed by atoms with van der Waals surface area (Å²) in [7, 11) is 1.68. The van der Waals surface area contributed by atoms with Gasteiger partial charge in [0.2, 0.25) is 0 Å². The molecule has 4 heteroatoms. The molecule has 0 spiro atoms. The van der Waals surface area contributed by atoms with E-state index < -0.39 is 0 Å². The van der Waals surface area contributed by atoms with Gasteiger partial charge in [0.15, 0.2) is 0 Å². The second kappa shape index (κ2) is 6.55. The second-order valence-electron chi connectivity index (χ2n) is 4.57. The van der Waals surface area contributed by atoms with Crippen LogP contribution in [0.25, 0.3) is 0 Å². The summed E-state index contributed by atoms with van der Waals surface area (Å²) in [6.45, 7) is 2.18. The van der Waals surface area contributed by atoms with Crippen LogP contribution in [0.15, 0.2) is 24.3 Å².